The molecule has 62 heavy (non-hydrogen) atoms. The number of amides is 2. The topological polar surface area (TPSA) is 168 Å². The minimum absolute atomic E-state index is 0.159. The van der Waals surface area contributed by atoms with Gasteiger partial charge in [-0.2, -0.15) is 0 Å². The van der Waals surface area contributed by atoms with Gasteiger partial charge < -0.3 is 31.9 Å². The highest BCUT2D eigenvalue weighted by Crippen LogP contribution is 2.39. The fourth-order valence-corrected chi connectivity index (χ4v) is 10.6. The second-order valence-electron chi connectivity index (χ2n) is 16.3. The summed E-state index contributed by atoms with van der Waals surface area (Å²) in [5.74, 6) is -1.32. The lowest BCUT2D eigenvalue weighted by Gasteiger charge is -2.34. The fraction of sp³-hybridized carbons (Fsp3) is 0.409. The second-order valence-corrected chi connectivity index (χ2v) is 18.3. The van der Waals surface area contributed by atoms with Crippen molar-refractivity contribution in [3.63, 3.8) is 0 Å². The maximum Gasteiger partial charge on any atom is 0.263 e. The number of halogens is 4. The summed E-state index contributed by atoms with van der Waals surface area (Å²) in [5, 5.41) is 5.47. The van der Waals surface area contributed by atoms with Crippen molar-refractivity contribution in [2.45, 2.75) is 65.2 Å². The molecule has 3 fully saturated rings. The van der Waals surface area contributed by atoms with E-state index in [1.54, 1.807) is 12.4 Å². The van der Waals surface area contributed by atoms with Crippen molar-refractivity contribution in [2.24, 2.45) is 11.8 Å². The number of nitrogens with two attached hydrogens (primary N) is 2. The Kier molecular flexibility index (Phi) is 12.8. The van der Waals surface area contributed by atoms with E-state index in [-0.39, 0.29) is 60.2 Å². The lowest BCUT2D eigenvalue weighted by molar-refractivity contribution is 0.0950. The Morgan fingerprint density at radius 3 is 1.60 bits per heavy atom. The molecule has 6 N–H and O–H groups in total. The molecule has 2 atom stereocenters. The summed E-state index contributed by atoms with van der Waals surface area (Å²) < 4.78 is 58.6. The first-order valence-electron chi connectivity index (χ1n) is 20.9. The Morgan fingerprint density at radius 1 is 0.677 bits per heavy atom. The van der Waals surface area contributed by atoms with Gasteiger partial charge in [0.1, 0.15) is 53.7 Å². The maximum absolute atomic E-state index is 14.8. The van der Waals surface area contributed by atoms with Gasteiger partial charge in [0.2, 0.25) is 0 Å². The lowest BCUT2D eigenvalue weighted by Crippen LogP contribution is -2.37. The first kappa shape index (κ1) is 43.0. The number of nitrogens with zero attached hydrogens (tertiary/aromatic N) is 6. The van der Waals surface area contributed by atoms with Crippen molar-refractivity contribution < 1.29 is 27.2 Å². The van der Waals surface area contributed by atoms with Gasteiger partial charge in [-0.15, -0.1) is 22.7 Å². The van der Waals surface area contributed by atoms with Gasteiger partial charge in [0, 0.05) is 63.8 Å². The zero-order valence-electron chi connectivity index (χ0n) is 34.5. The Bertz CT molecular complexity index is 2640. The largest absolute Gasteiger partial charge is 0.396 e. The summed E-state index contributed by atoms with van der Waals surface area (Å²) in [4.78, 5) is 48.0. The number of hydrogen-bond acceptors (Lipinski definition) is 12. The molecule has 2 amide bonds. The van der Waals surface area contributed by atoms with Crippen LogP contribution in [0.25, 0.3) is 20.7 Å². The zero-order chi connectivity index (χ0) is 43.7. The molecule has 18 heteroatoms. The number of nitrogen functional groups attached to an aromatic ring is 2. The fourth-order valence-electron chi connectivity index (χ4n) is 8.62. The number of benzene rings is 2. The van der Waals surface area contributed by atoms with E-state index in [0.29, 0.717) is 53.7 Å². The highest BCUT2D eigenvalue weighted by molar-refractivity contribution is 7.21. The van der Waals surface area contributed by atoms with Crippen LogP contribution in [0.3, 0.4) is 0 Å². The highest BCUT2D eigenvalue weighted by atomic mass is 32.1. The van der Waals surface area contributed by atoms with E-state index < -0.39 is 23.3 Å². The van der Waals surface area contributed by atoms with Gasteiger partial charge in [0.15, 0.2) is 0 Å². The Balaban J connectivity index is 0.000000171. The molecular weight excluding hydrogens is 841 g/mol. The van der Waals surface area contributed by atoms with Crippen LogP contribution in [0.2, 0.25) is 0 Å². The van der Waals surface area contributed by atoms with Gasteiger partial charge in [-0.25, -0.2) is 37.5 Å². The van der Waals surface area contributed by atoms with Crippen LogP contribution in [0.15, 0.2) is 36.7 Å². The smallest absolute Gasteiger partial charge is 0.263 e. The molecule has 2 saturated heterocycles. The van der Waals surface area contributed by atoms with Gasteiger partial charge >= 0.3 is 0 Å². The third kappa shape index (κ3) is 9.26. The van der Waals surface area contributed by atoms with E-state index in [1.807, 2.05) is 23.6 Å². The summed E-state index contributed by atoms with van der Waals surface area (Å²) >= 11 is 2.34. The van der Waals surface area contributed by atoms with Crippen molar-refractivity contribution in [3.05, 3.63) is 92.2 Å². The third-order valence-corrected chi connectivity index (χ3v) is 13.9. The van der Waals surface area contributed by atoms with Crippen LogP contribution in [0.1, 0.15) is 80.4 Å². The molecule has 4 aromatic heterocycles. The van der Waals surface area contributed by atoms with Crippen LogP contribution in [0, 0.1) is 49.0 Å². The van der Waals surface area contributed by atoms with Crippen LogP contribution in [0.4, 0.5) is 40.3 Å². The van der Waals surface area contributed by atoms with Crippen LogP contribution in [0.5, 0.6) is 0 Å². The van der Waals surface area contributed by atoms with Gasteiger partial charge in [0.25, 0.3) is 11.8 Å². The van der Waals surface area contributed by atoms with Gasteiger partial charge in [-0.05, 0) is 100 Å². The first-order chi connectivity index (χ1) is 29.8. The molecule has 6 heterocycles. The van der Waals surface area contributed by atoms with Gasteiger partial charge in [-0.1, -0.05) is 0 Å². The molecule has 9 rings (SSSR count). The Labute approximate surface area is 364 Å². The molecule has 0 spiro atoms. The van der Waals surface area contributed by atoms with Crippen molar-refractivity contribution in [3.8, 4) is 0 Å². The summed E-state index contributed by atoms with van der Waals surface area (Å²) in [6.07, 6.45) is 10.2. The summed E-state index contributed by atoms with van der Waals surface area (Å²) in [7, 11) is 0. The van der Waals surface area contributed by atoms with E-state index in [9.17, 15) is 27.2 Å². The molecule has 1 aliphatic carbocycles. The third-order valence-electron chi connectivity index (χ3n) is 11.8. The van der Waals surface area contributed by atoms with Crippen LogP contribution < -0.4 is 31.9 Å². The van der Waals surface area contributed by atoms with Crippen molar-refractivity contribution in [1.82, 2.24) is 30.6 Å². The van der Waals surface area contributed by atoms with E-state index in [1.165, 1.54) is 66.2 Å². The lowest BCUT2D eigenvalue weighted by atomic mass is 9.98. The number of nitrogens with one attached hydrogen (secondary N) is 2. The molecule has 0 radical (unpaired) electrons. The molecule has 2 unspecified atom stereocenters. The monoisotopic (exact) mass is 888 g/mol. The minimum Gasteiger partial charge on any atom is -0.396 e. The predicted octanol–water partition coefficient (Wildman–Crippen LogP) is 7.89. The summed E-state index contributed by atoms with van der Waals surface area (Å²) in [6, 6.07) is 5.07. The van der Waals surface area contributed by atoms with Crippen molar-refractivity contribution >= 4 is 77.9 Å². The predicted molar refractivity (Wildman–Crippen MR) is 237 cm³/mol. The molecule has 3 aliphatic rings. The minimum atomic E-state index is -0.462. The number of thiophene rings is 2. The normalized spacial score (nSPS) is 17.3. The molecule has 6 aromatic rings. The molecule has 12 nitrogen and oxygen atoms in total. The number of hydrogen-bond donors (Lipinski definition) is 4. The summed E-state index contributed by atoms with van der Waals surface area (Å²) in [6.45, 7) is 7.02. The number of rotatable bonds is 10. The number of carbonyl (C=O) groups is 2. The maximum atomic E-state index is 14.8. The molecule has 2 bridgehead atoms. The van der Waals surface area contributed by atoms with Crippen LogP contribution in [-0.4, -0.2) is 71.0 Å². The van der Waals surface area contributed by atoms with Crippen molar-refractivity contribution in [1.29, 1.82) is 0 Å². The average molecular weight is 889 g/mol. The SMILES string of the molecule is Cc1cnc2c(N)c(C(=O)NCCc3cc(F)c(N4CC5CCC(C5)C4)cc3F)sc2n1.Cc1cnc2c(N)c(C(=O)NCCc3cc(F)c(N4CCCCC4)cc3F)sc2n1. The van der Waals surface area contributed by atoms with Crippen molar-refractivity contribution in [2.75, 3.05) is 60.5 Å². The average Bonchev–Trinajstić information content (AvgIpc) is 3.89. The number of carbonyl (C=O) groups excluding carboxylic acids is 2. The molecule has 2 aromatic carbocycles. The number of anilines is 4. The first-order valence-corrected chi connectivity index (χ1v) is 22.5. The second kappa shape index (κ2) is 18.4. The van der Waals surface area contributed by atoms with Gasteiger partial charge in [0.05, 0.1) is 34.1 Å². The number of aryl methyl sites for hydroxylation is 2. The number of piperidine rings is 2. The Morgan fingerprint density at radius 2 is 1.13 bits per heavy atom. The van der Waals surface area contributed by atoms with Gasteiger partial charge in [-0.3, -0.25) is 9.59 Å². The zero-order valence-corrected chi connectivity index (χ0v) is 36.1. The van der Waals surface area contributed by atoms with E-state index >= 15 is 0 Å². The Hall–Kier alpha value is -5.62. The summed E-state index contributed by atoms with van der Waals surface area (Å²) in [5.41, 5.74) is 16.3. The number of fused-ring (bicyclic) bond motifs is 4. The molecule has 1 saturated carbocycles. The molecule has 326 valence electrons. The highest BCUT2D eigenvalue weighted by Gasteiger charge is 2.34. The van der Waals surface area contributed by atoms with Crippen LogP contribution in [-0.2, 0) is 12.8 Å². The van der Waals surface area contributed by atoms with E-state index in [4.69, 9.17) is 11.5 Å². The standard InChI is InChI=1S/C23H25F2N5OS.C21H23F2N5OS/c1-12-9-28-20-19(26)21(32-23(20)29-12)22(31)27-5-4-15-7-17(25)18(8-16(15)24)30-10-13-2-3-14(6-13)11-30;1-12-11-26-18-17(24)19(30-21(18)27-12)20(29)25-6-5-13-9-15(23)16(10-14(13)22)28-7-3-2-4-8-28/h7-9,13-14H,2-6,10-11,26H2,1H3,(H,27,31);9-11H,2-8,24H2,1H3,(H,25,29). The quantitative estimate of drug-likeness (QED) is 0.0994. The van der Waals surface area contributed by atoms with E-state index in [2.05, 4.69) is 30.6 Å². The molecule has 2 aliphatic heterocycles. The van der Waals surface area contributed by atoms with E-state index in [0.717, 1.165) is 56.8 Å². The van der Waals surface area contributed by atoms with Crippen LogP contribution >= 0.6 is 22.7 Å². The molecular formula is C44H48F4N10O2S2. The number of aromatic nitrogens is 4.